The van der Waals surface area contributed by atoms with E-state index in [0.717, 1.165) is 6.54 Å². The molecule has 0 radical (unpaired) electrons. The Morgan fingerprint density at radius 1 is 1.37 bits per heavy atom. The summed E-state index contributed by atoms with van der Waals surface area (Å²) in [5.41, 5.74) is 2.54. The highest BCUT2D eigenvalue weighted by Gasteiger charge is 2.33. The molecule has 0 aromatic rings. The number of piperidine rings is 1. The van der Waals surface area contributed by atoms with Crippen LogP contribution >= 0.6 is 0 Å². The smallest absolute Gasteiger partial charge is 0.0166 e. The van der Waals surface area contributed by atoms with Gasteiger partial charge in [-0.15, -0.1) is 0 Å². The number of nitrogens with one attached hydrogen (secondary N) is 1. The van der Waals surface area contributed by atoms with Crippen molar-refractivity contribution in [3.8, 4) is 0 Å². The Morgan fingerprint density at radius 2 is 2.16 bits per heavy atom. The summed E-state index contributed by atoms with van der Waals surface area (Å²) in [5.74, 6) is 0. The lowest BCUT2D eigenvalue weighted by atomic mass is 9.77. The summed E-state index contributed by atoms with van der Waals surface area (Å²) in [6, 6.07) is 0. The Balaban J connectivity index is 1.93. The first-order chi connectivity index (χ1) is 8.95. The second-order valence-corrected chi connectivity index (χ2v) is 7.60. The molecule has 1 unspecified atom stereocenters. The molecule has 0 bridgehead atoms. The van der Waals surface area contributed by atoms with E-state index in [9.17, 15) is 0 Å². The summed E-state index contributed by atoms with van der Waals surface area (Å²) in [7, 11) is 0. The minimum Gasteiger partial charge on any atom is -0.316 e. The molecule has 0 aromatic heterocycles. The lowest BCUT2D eigenvalue weighted by Crippen LogP contribution is -2.48. The zero-order valence-corrected chi connectivity index (χ0v) is 13.4. The van der Waals surface area contributed by atoms with Crippen LogP contribution in [0.5, 0.6) is 0 Å². The van der Waals surface area contributed by atoms with Crippen molar-refractivity contribution in [2.45, 2.75) is 53.4 Å². The third-order valence-corrected chi connectivity index (χ3v) is 5.13. The highest BCUT2D eigenvalue weighted by atomic mass is 15.1. The first-order valence-corrected chi connectivity index (χ1v) is 8.08. The molecule has 0 amide bonds. The van der Waals surface area contributed by atoms with Crippen LogP contribution < -0.4 is 5.32 Å². The Kier molecular flexibility index (Phi) is 4.73. The molecule has 2 nitrogen and oxygen atoms in total. The fourth-order valence-electron chi connectivity index (χ4n) is 3.59. The van der Waals surface area contributed by atoms with Crippen LogP contribution in [-0.4, -0.2) is 37.6 Å². The van der Waals surface area contributed by atoms with Gasteiger partial charge in [-0.2, -0.15) is 0 Å². The minimum absolute atomic E-state index is 0.362. The van der Waals surface area contributed by atoms with E-state index in [1.54, 1.807) is 5.57 Å². The number of hydrogen-bond donors (Lipinski definition) is 1. The molecule has 2 aliphatic rings. The maximum atomic E-state index is 3.61. The van der Waals surface area contributed by atoms with Crippen molar-refractivity contribution in [3.05, 3.63) is 11.6 Å². The van der Waals surface area contributed by atoms with Crippen LogP contribution in [0.1, 0.15) is 53.4 Å². The van der Waals surface area contributed by atoms with Gasteiger partial charge in [-0.25, -0.2) is 0 Å². The largest absolute Gasteiger partial charge is 0.316 e. The normalized spacial score (nSPS) is 30.2. The van der Waals surface area contributed by atoms with Gasteiger partial charge in [0.25, 0.3) is 0 Å². The van der Waals surface area contributed by atoms with Crippen LogP contribution in [0, 0.1) is 10.8 Å². The first-order valence-electron chi connectivity index (χ1n) is 8.08. The van der Waals surface area contributed by atoms with Crippen LogP contribution in [0.15, 0.2) is 11.6 Å². The van der Waals surface area contributed by atoms with E-state index in [2.05, 4.69) is 44.0 Å². The van der Waals surface area contributed by atoms with Gasteiger partial charge in [-0.05, 0) is 43.1 Å². The standard InChI is InChI=1S/C17H32N2/c1-5-17(9-6-10-18-13-17)14-19-11-7-15(8-12-19)16(2,3)4/h7,18H,5-6,8-14H2,1-4H3. The van der Waals surface area contributed by atoms with E-state index in [4.69, 9.17) is 0 Å². The maximum Gasteiger partial charge on any atom is 0.0166 e. The molecule has 1 atom stereocenters. The molecule has 2 heteroatoms. The molecule has 1 fully saturated rings. The average molecular weight is 264 g/mol. The fraction of sp³-hybridized carbons (Fsp3) is 0.882. The van der Waals surface area contributed by atoms with Gasteiger partial charge in [0.15, 0.2) is 0 Å². The van der Waals surface area contributed by atoms with Gasteiger partial charge in [0, 0.05) is 26.2 Å². The molecule has 1 N–H and O–H groups in total. The fourth-order valence-corrected chi connectivity index (χ4v) is 3.59. The predicted molar refractivity (Wildman–Crippen MR) is 83.4 cm³/mol. The van der Waals surface area contributed by atoms with Gasteiger partial charge in [-0.3, -0.25) is 4.90 Å². The summed E-state index contributed by atoms with van der Waals surface area (Å²) in [4.78, 5) is 2.67. The molecule has 19 heavy (non-hydrogen) atoms. The van der Waals surface area contributed by atoms with Gasteiger partial charge in [0.2, 0.25) is 0 Å². The van der Waals surface area contributed by atoms with Crippen molar-refractivity contribution in [2.24, 2.45) is 10.8 Å². The van der Waals surface area contributed by atoms with E-state index in [-0.39, 0.29) is 0 Å². The molecule has 2 aliphatic heterocycles. The van der Waals surface area contributed by atoms with Crippen LogP contribution in [0.4, 0.5) is 0 Å². The number of hydrogen-bond acceptors (Lipinski definition) is 2. The van der Waals surface area contributed by atoms with E-state index in [1.165, 1.54) is 51.9 Å². The summed E-state index contributed by atoms with van der Waals surface area (Å²) in [5, 5.41) is 3.61. The molecule has 2 heterocycles. The molecule has 0 saturated carbocycles. The molecule has 0 aromatic carbocycles. The van der Waals surface area contributed by atoms with Gasteiger partial charge < -0.3 is 5.32 Å². The van der Waals surface area contributed by atoms with E-state index >= 15 is 0 Å². The molecular weight excluding hydrogens is 232 g/mol. The minimum atomic E-state index is 0.362. The summed E-state index contributed by atoms with van der Waals surface area (Å²) >= 11 is 0. The Hall–Kier alpha value is -0.340. The zero-order chi connectivity index (χ0) is 13.9. The van der Waals surface area contributed by atoms with Crippen LogP contribution in [0.2, 0.25) is 0 Å². The van der Waals surface area contributed by atoms with Crippen LogP contribution in [-0.2, 0) is 0 Å². The van der Waals surface area contributed by atoms with Crippen molar-refractivity contribution >= 4 is 0 Å². The Bertz CT molecular complexity index is 319. The first kappa shape index (κ1) is 15.1. The van der Waals surface area contributed by atoms with Crippen molar-refractivity contribution in [2.75, 3.05) is 32.7 Å². The van der Waals surface area contributed by atoms with Gasteiger partial charge in [0.1, 0.15) is 0 Å². The van der Waals surface area contributed by atoms with Gasteiger partial charge in [-0.1, -0.05) is 39.3 Å². The monoisotopic (exact) mass is 264 g/mol. The summed E-state index contributed by atoms with van der Waals surface area (Å²) in [6.07, 6.45) is 7.82. The summed E-state index contributed by atoms with van der Waals surface area (Å²) < 4.78 is 0. The van der Waals surface area contributed by atoms with E-state index < -0.39 is 0 Å². The lowest BCUT2D eigenvalue weighted by molar-refractivity contribution is 0.115. The molecule has 0 spiro atoms. The van der Waals surface area contributed by atoms with Crippen molar-refractivity contribution < 1.29 is 0 Å². The third kappa shape index (κ3) is 3.82. The van der Waals surface area contributed by atoms with Gasteiger partial charge in [0.05, 0.1) is 0 Å². The van der Waals surface area contributed by atoms with Crippen molar-refractivity contribution in [1.82, 2.24) is 10.2 Å². The van der Waals surface area contributed by atoms with E-state index in [0.29, 0.717) is 10.8 Å². The maximum absolute atomic E-state index is 3.61. The second-order valence-electron chi connectivity index (χ2n) is 7.60. The Morgan fingerprint density at radius 3 is 2.63 bits per heavy atom. The highest BCUT2D eigenvalue weighted by Crippen LogP contribution is 2.34. The number of rotatable bonds is 3. The molecular formula is C17H32N2. The van der Waals surface area contributed by atoms with E-state index in [1.807, 2.05) is 0 Å². The van der Waals surface area contributed by atoms with Gasteiger partial charge >= 0.3 is 0 Å². The predicted octanol–water partition coefficient (Wildman–Crippen LogP) is 3.44. The Labute approximate surface area is 119 Å². The lowest BCUT2D eigenvalue weighted by Gasteiger charge is -2.42. The molecule has 2 rings (SSSR count). The highest BCUT2D eigenvalue weighted by molar-refractivity contribution is 5.14. The average Bonchev–Trinajstić information content (AvgIpc) is 2.39. The zero-order valence-electron chi connectivity index (χ0n) is 13.4. The van der Waals surface area contributed by atoms with Crippen molar-refractivity contribution in [3.63, 3.8) is 0 Å². The topological polar surface area (TPSA) is 15.3 Å². The second kappa shape index (κ2) is 5.97. The van der Waals surface area contributed by atoms with Crippen LogP contribution in [0.3, 0.4) is 0 Å². The molecule has 1 saturated heterocycles. The van der Waals surface area contributed by atoms with Crippen molar-refractivity contribution in [1.29, 1.82) is 0 Å². The number of nitrogens with zero attached hydrogens (tertiary/aromatic N) is 1. The van der Waals surface area contributed by atoms with Crippen LogP contribution in [0.25, 0.3) is 0 Å². The summed E-state index contributed by atoms with van der Waals surface area (Å²) in [6.45, 7) is 15.5. The quantitative estimate of drug-likeness (QED) is 0.786. The third-order valence-electron chi connectivity index (χ3n) is 5.13. The molecule has 0 aliphatic carbocycles. The molecule has 110 valence electrons. The SMILES string of the molecule is CCC1(CN2CC=C(C(C)(C)C)CC2)CCCNC1.